The van der Waals surface area contributed by atoms with Crippen LogP contribution in [-0.4, -0.2) is 28.7 Å². The average Bonchev–Trinajstić information content (AvgIpc) is 2.60. The molecule has 0 N–H and O–H groups in total. The van der Waals surface area contributed by atoms with Crippen LogP contribution >= 0.6 is 0 Å². The quantitative estimate of drug-likeness (QED) is 0.683. The van der Waals surface area contributed by atoms with Gasteiger partial charge in [0, 0.05) is 29.6 Å². The number of carbonyl (C=O) groups excluding carboxylic acids is 2. The highest BCUT2D eigenvalue weighted by molar-refractivity contribution is 6.00. The topological polar surface area (TPSA) is 37.4 Å². The number of benzene rings is 2. The third-order valence-corrected chi connectivity index (χ3v) is 4.26. The zero-order valence-electron chi connectivity index (χ0n) is 15.5. The van der Waals surface area contributed by atoms with Gasteiger partial charge in [0.1, 0.15) is 0 Å². The van der Waals surface area contributed by atoms with E-state index in [2.05, 4.69) is 0 Å². The van der Waals surface area contributed by atoms with E-state index in [0.717, 1.165) is 5.56 Å². The second-order valence-electron chi connectivity index (χ2n) is 6.89. The normalized spacial score (nSPS) is 11.0. The lowest BCUT2D eigenvalue weighted by atomic mass is 10.0. The van der Waals surface area contributed by atoms with Gasteiger partial charge in [-0.3, -0.25) is 9.59 Å². The Balaban J connectivity index is 2.12. The lowest BCUT2D eigenvalue weighted by molar-refractivity contribution is 0.0643. The van der Waals surface area contributed by atoms with Crippen LogP contribution in [0.25, 0.3) is 0 Å². The molecule has 0 saturated carbocycles. The summed E-state index contributed by atoms with van der Waals surface area (Å²) >= 11 is 0. The van der Waals surface area contributed by atoms with E-state index < -0.39 is 0 Å². The number of amides is 1. The van der Waals surface area contributed by atoms with Crippen LogP contribution in [0.2, 0.25) is 0 Å². The molecule has 1 amide bonds. The second kappa shape index (κ2) is 8.61. The van der Waals surface area contributed by atoms with E-state index in [9.17, 15) is 9.59 Å². The average molecular weight is 337 g/mol. The van der Waals surface area contributed by atoms with Crippen molar-refractivity contribution in [3.63, 3.8) is 0 Å². The van der Waals surface area contributed by atoms with Gasteiger partial charge in [0.05, 0.1) is 0 Å². The molecule has 0 radical (unpaired) electrons. The summed E-state index contributed by atoms with van der Waals surface area (Å²) in [6.07, 6.45) is 1.15. The second-order valence-corrected chi connectivity index (χ2v) is 6.89. The molecule has 0 atom stereocenters. The number of carbonyl (C=O) groups is 2. The predicted octanol–water partition coefficient (Wildman–Crippen LogP) is 4.76. The number of hydrogen-bond acceptors (Lipinski definition) is 2. The van der Waals surface area contributed by atoms with Crippen molar-refractivity contribution in [3.05, 3.63) is 71.3 Å². The van der Waals surface area contributed by atoms with Crippen molar-refractivity contribution in [1.82, 2.24) is 4.90 Å². The molecule has 25 heavy (non-hydrogen) atoms. The Morgan fingerprint density at radius 3 is 2.04 bits per heavy atom. The summed E-state index contributed by atoms with van der Waals surface area (Å²) in [5.74, 6) is 0.0434. The minimum Gasteiger partial charge on any atom is -0.334 e. The molecule has 0 aromatic heterocycles. The fourth-order valence-corrected chi connectivity index (χ4v) is 3.09. The Bertz CT molecular complexity index is 712. The molecule has 0 spiro atoms. The number of nitrogens with zero attached hydrogens (tertiary/aromatic N) is 1. The Morgan fingerprint density at radius 2 is 1.44 bits per heavy atom. The largest absolute Gasteiger partial charge is 0.334 e. The van der Waals surface area contributed by atoms with Gasteiger partial charge in [0.25, 0.3) is 5.91 Å². The summed E-state index contributed by atoms with van der Waals surface area (Å²) in [5, 5.41) is 0. The minimum atomic E-state index is -0.0253. The van der Waals surface area contributed by atoms with Crippen molar-refractivity contribution in [1.29, 1.82) is 0 Å². The SMILES string of the molecule is CC(C)N(C(=O)c1cccc(C(=O)CCc2ccccc2)c1)C(C)C. The fourth-order valence-electron chi connectivity index (χ4n) is 3.09. The third kappa shape index (κ3) is 5.02. The maximum Gasteiger partial charge on any atom is 0.254 e. The molecule has 132 valence electrons. The molecule has 2 aromatic rings. The maximum absolute atomic E-state index is 12.8. The van der Waals surface area contributed by atoms with Crippen LogP contribution in [0.4, 0.5) is 0 Å². The number of hydrogen-bond donors (Lipinski definition) is 0. The summed E-state index contributed by atoms with van der Waals surface area (Å²) in [4.78, 5) is 27.1. The minimum absolute atomic E-state index is 0.0253. The predicted molar refractivity (Wildman–Crippen MR) is 102 cm³/mol. The molecule has 0 aliphatic rings. The first-order chi connectivity index (χ1) is 11.9. The van der Waals surface area contributed by atoms with Crippen molar-refractivity contribution < 1.29 is 9.59 Å². The van der Waals surface area contributed by atoms with Crippen molar-refractivity contribution >= 4 is 11.7 Å². The molecular formula is C22H27NO2. The molecule has 0 aliphatic carbocycles. The third-order valence-electron chi connectivity index (χ3n) is 4.26. The van der Waals surface area contributed by atoms with Gasteiger partial charge < -0.3 is 4.90 Å². The van der Waals surface area contributed by atoms with E-state index >= 15 is 0 Å². The molecule has 0 heterocycles. The zero-order valence-corrected chi connectivity index (χ0v) is 15.5. The number of rotatable bonds is 7. The van der Waals surface area contributed by atoms with E-state index in [0.29, 0.717) is 24.0 Å². The number of Topliss-reactive ketones (excluding diaryl/α,β-unsaturated/α-hetero) is 1. The van der Waals surface area contributed by atoms with Crippen LogP contribution in [0.5, 0.6) is 0 Å². The lowest BCUT2D eigenvalue weighted by Gasteiger charge is -2.31. The Labute approximate surface area is 150 Å². The van der Waals surface area contributed by atoms with Crippen molar-refractivity contribution in [3.8, 4) is 0 Å². The van der Waals surface area contributed by atoms with Crippen LogP contribution in [0.3, 0.4) is 0 Å². The number of aryl methyl sites for hydroxylation is 1. The molecule has 2 rings (SSSR count). The van der Waals surface area contributed by atoms with Gasteiger partial charge in [-0.2, -0.15) is 0 Å². The van der Waals surface area contributed by atoms with Gasteiger partial charge in [0.2, 0.25) is 0 Å². The van der Waals surface area contributed by atoms with Crippen LogP contribution in [0.1, 0.15) is 60.4 Å². The van der Waals surface area contributed by atoms with Gasteiger partial charge in [-0.25, -0.2) is 0 Å². The summed E-state index contributed by atoms with van der Waals surface area (Å²) in [6.45, 7) is 8.03. The summed E-state index contributed by atoms with van der Waals surface area (Å²) in [5.41, 5.74) is 2.33. The molecule has 0 saturated heterocycles. The highest BCUT2D eigenvalue weighted by atomic mass is 16.2. The molecule has 0 fully saturated rings. The number of ketones is 1. The highest BCUT2D eigenvalue weighted by Gasteiger charge is 2.22. The van der Waals surface area contributed by atoms with E-state index in [1.54, 1.807) is 24.3 Å². The first-order valence-electron chi connectivity index (χ1n) is 8.90. The molecule has 3 heteroatoms. The van der Waals surface area contributed by atoms with Crippen LogP contribution in [0.15, 0.2) is 54.6 Å². The van der Waals surface area contributed by atoms with Gasteiger partial charge in [-0.15, -0.1) is 0 Å². The summed E-state index contributed by atoms with van der Waals surface area (Å²) < 4.78 is 0. The monoisotopic (exact) mass is 337 g/mol. The summed E-state index contributed by atoms with van der Waals surface area (Å²) in [7, 11) is 0. The van der Waals surface area contributed by atoms with Crippen LogP contribution in [-0.2, 0) is 6.42 Å². The molecular weight excluding hydrogens is 310 g/mol. The van der Waals surface area contributed by atoms with Crippen LogP contribution < -0.4 is 0 Å². The van der Waals surface area contributed by atoms with Crippen molar-refractivity contribution in [2.24, 2.45) is 0 Å². The Morgan fingerprint density at radius 1 is 0.840 bits per heavy atom. The summed E-state index contributed by atoms with van der Waals surface area (Å²) in [6, 6.07) is 17.3. The van der Waals surface area contributed by atoms with E-state index in [-0.39, 0.29) is 23.8 Å². The van der Waals surface area contributed by atoms with E-state index in [4.69, 9.17) is 0 Å². The van der Waals surface area contributed by atoms with Crippen LogP contribution in [0, 0.1) is 0 Å². The van der Waals surface area contributed by atoms with Gasteiger partial charge in [-0.05, 0) is 51.8 Å². The van der Waals surface area contributed by atoms with E-state index in [1.165, 1.54) is 0 Å². The highest BCUT2D eigenvalue weighted by Crippen LogP contribution is 2.15. The van der Waals surface area contributed by atoms with Crippen molar-refractivity contribution in [2.75, 3.05) is 0 Å². The maximum atomic E-state index is 12.8. The van der Waals surface area contributed by atoms with Gasteiger partial charge in [-0.1, -0.05) is 42.5 Å². The fraction of sp³-hybridized carbons (Fsp3) is 0.364. The Hall–Kier alpha value is -2.42. The molecule has 0 unspecified atom stereocenters. The standard InChI is InChI=1S/C22H27NO2/c1-16(2)23(17(3)4)22(25)20-12-8-11-19(15-20)21(24)14-13-18-9-6-5-7-10-18/h5-12,15-17H,13-14H2,1-4H3. The lowest BCUT2D eigenvalue weighted by Crippen LogP contribution is -2.42. The smallest absolute Gasteiger partial charge is 0.254 e. The first-order valence-corrected chi connectivity index (χ1v) is 8.90. The Kier molecular flexibility index (Phi) is 6.51. The molecule has 0 aliphatic heterocycles. The molecule has 2 aromatic carbocycles. The van der Waals surface area contributed by atoms with E-state index in [1.807, 2.05) is 62.9 Å². The first kappa shape index (κ1) is 18.9. The van der Waals surface area contributed by atoms with Gasteiger partial charge in [0.15, 0.2) is 5.78 Å². The van der Waals surface area contributed by atoms with Crippen molar-refractivity contribution in [2.45, 2.75) is 52.6 Å². The molecule has 3 nitrogen and oxygen atoms in total. The van der Waals surface area contributed by atoms with Gasteiger partial charge >= 0.3 is 0 Å². The zero-order chi connectivity index (χ0) is 18.4. The molecule has 0 bridgehead atoms.